The van der Waals surface area contributed by atoms with Crippen LogP contribution in [0.4, 0.5) is 0 Å². The van der Waals surface area contributed by atoms with E-state index >= 15 is 0 Å². The fourth-order valence-corrected chi connectivity index (χ4v) is 2.30. The predicted molar refractivity (Wildman–Crippen MR) is 63.6 cm³/mol. The molecule has 1 aliphatic rings. The molecule has 1 fully saturated rings. The number of cyclic esters (lactones) is 1. The average molecular weight is 232 g/mol. The Morgan fingerprint density at radius 2 is 2.00 bits per heavy atom. The third-order valence-electron chi connectivity index (χ3n) is 3.28. The second kappa shape index (κ2) is 4.70. The Balaban J connectivity index is 2.13. The summed E-state index contributed by atoms with van der Waals surface area (Å²) < 4.78 is 5.22. The van der Waals surface area contributed by atoms with Crippen LogP contribution in [0, 0.1) is 11.8 Å². The summed E-state index contributed by atoms with van der Waals surface area (Å²) in [6, 6.07) is 9.13. The Morgan fingerprint density at radius 1 is 1.35 bits per heavy atom. The van der Waals surface area contributed by atoms with Gasteiger partial charge in [0.2, 0.25) is 0 Å². The summed E-state index contributed by atoms with van der Waals surface area (Å²) in [5.74, 6) is -0.323. The van der Waals surface area contributed by atoms with E-state index in [1.807, 2.05) is 32.0 Å². The third-order valence-corrected chi connectivity index (χ3v) is 3.28. The zero-order chi connectivity index (χ0) is 12.4. The number of carbonyl (C=O) groups excluding carboxylic acids is 2. The third kappa shape index (κ3) is 2.38. The first-order valence-corrected chi connectivity index (χ1v) is 5.88. The quantitative estimate of drug-likeness (QED) is 0.594. The lowest BCUT2D eigenvalue weighted by Gasteiger charge is -2.20. The highest BCUT2D eigenvalue weighted by Gasteiger charge is 2.38. The zero-order valence-corrected chi connectivity index (χ0v) is 10.1. The molecule has 3 nitrogen and oxygen atoms in total. The van der Waals surface area contributed by atoms with Gasteiger partial charge in [0.1, 0.15) is 6.10 Å². The summed E-state index contributed by atoms with van der Waals surface area (Å²) in [5, 5.41) is 0. The van der Waals surface area contributed by atoms with Crippen LogP contribution in [-0.4, -0.2) is 17.9 Å². The second-order valence-electron chi connectivity index (χ2n) is 4.65. The second-order valence-corrected chi connectivity index (χ2v) is 4.65. The molecule has 0 saturated carbocycles. The van der Waals surface area contributed by atoms with Crippen molar-refractivity contribution in [3.63, 3.8) is 0 Å². The van der Waals surface area contributed by atoms with E-state index < -0.39 is 0 Å². The predicted octanol–water partition coefficient (Wildman–Crippen LogP) is 2.46. The van der Waals surface area contributed by atoms with Crippen molar-refractivity contribution in [2.45, 2.75) is 26.4 Å². The van der Waals surface area contributed by atoms with Crippen molar-refractivity contribution in [1.29, 1.82) is 0 Å². The number of Topliss-reactive ketones (excluding diaryl/α,β-unsaturated/α-hetero) is 1. The van der Waals surface area contributed by atoms with E-state index in [-0.39, 0.29) is 29.7 Å². The highest BCUT2D eigenvalue weighted by atomic mass is 16.6. The molecule has 1 aromatic carbocycles. The molecule has 0 radical (unpaired) electrons. The fraction of sp³-hybridized carbons (Fsp3) is 0.429. The molecule has 3 heteroatoms. The van der Waals surface area contributed by atoms with Crippen molar-refractivity contribution in [2.24, 2.45) is 11.8 Å². The van der Waals surface area contributed by atoms with Crippen LogP contribution in [0.5, 0.6) is 0 Å². The van der Waals surface area contributed by atoms with Crippen LogP contribution >= 0.6 is 0 Å². The Labute approximate surface area is 101 Å². The number of esters is 1. The normalized spacial score (nSPS) is 25.4. The number of benzene rings is 1. The maximum absolute atomic E-state index is 12.2. The molecule has 3 atom stereocenters. The largest absolute Gasteiger partial charge is 0.461 e. The van der Waals surface area contributed by atoms with Crippen LogP contribution in [0.25, 0.3) is 0 Å². The zero-order valence-electron chi connectivity index (χ0n) is 10.1. The molecule has 2 rings (SSSR count). The first-order chi connectivity index (χ1) is 8.09. The van der Waals surface area contributed by atoms with Gasteiger partial charge in [-0.25, -0.2) is 0 Å². The van der Waals surface area contributed by atoms with Crippen LogP contribution in [-0.2, 0) is 9.53 Å². The van der Waals surface area contributed by atoms with Gasteiger partial charge < -0.3 is 4.74 Å². The Hall–Kier alpha value is -1.64. The number of ketones is 1. The maximum Gasteiger partial charge on any atom is 0.306 e. The molecule has 0 N–H and O–H groups in total. The molecule has 0 aromatic heterocycles. The first kappa shape index (κ1) is 11.8. The van der Waals surface area contributed by atoms with Gasteiger partial charge in [-0.2, -0.15) is 0 Å². The van der Waals surface area contributed by atoms with Gasteiger partial charge in [0.25, 0.3) is 0 Å². The highest BCUT2D eigenvalue weighted by Crippen LogP contribution is 2.29. The van der Waals surface area contributed by atoms with E-state index in [4.69, 9.17) is 4.74 Å². The van der Waals surface area contributed by atoms with Crippen LogP contribution in [0.2, 0.25) is 0 Å². The van der Waals surface area contributed by atoms with Crippen LogP contribution in [0.3, 0.4) is 0 Å². The summed E-state index contributed by atoms with van der Waals surface area (Å²) >= 11 is 0. The van der Waals surface area contributed by atoms with Gasteiger partial charge in [-0.3, -0.25) is 9.59 Å². The summed E-state index contributed by atoms with van der Waals surface area (Å²) in [4.78, 5) is 23.4. The van der Waals surface area contributed by atoms with E-state index in [1.54, 1.807) is 12.1 Å². The van der Waals surface area contributed by atoms with E-state index in [1.165, 1.54) is 0 Å². The molecule has 0 amide bonds. The van der Waals surface area contributed by atoms with Gasteiger partial charge in [-0.1, -0.05) is 44.2 Å². The molecule has 1 saturated heterocycles. The minimum Gasteiger partial charge on any atom is -0.461 e. The van der Waals surface area contributed by atoms with Crippen molar-refractivity contribution in [1.82, 2.24) is 0 Å². The van der Waals surface area contributed by atoms with Gasteiger partial charge in [0.15, 0.2) is 5.78 Å². The topological polar surface area (TPSA) is 43.4 Å². The molecular formula is C14H16O3. The monoisotopic (exact) mass is 232 g/mol. The van der Waals surface area contributed by atoms with Crippen LogP contribution < -0.4 is 0 Å². The molecule has 1 heterocycles. The van der Waals surface area contributed by atoms with E-state index in [9.17, 15) is 9.59 Å². The SMILES string of the molecule is CC(C(=O)c1ccccc1)[C@H]1OC(=O)C[C@@H]1C. The standard InChI is InChI=1S/C14H16O3/c1-9-8-12(15)17-14(9)10(2)13(16)11-6-4-3-5-7-11/h3-7,9-10,14H,8H2,1-2H3/t9-,10?,14-/m0/s1. The lowest BCUT2D eigenvalue weighted by Crippen LogP contribution is -2.29. The molecule has 1 unspecified atom stereocenters. The van der Waals surface area contributed by atoms with Gasteiger partial charge >= 0.3 is 5.97 Å². The van der Waals surface area contributed by atoms with E-state index in [2.05, 4.69) is 0 Å². The maximum atomic E-state index is 12.2. The number of ether oxygens (including phenoxy) is 1. The van der Waals surface area contributed by atoms with Crippen molar-refractivity contribution >= 4 is 11.8 Å². The summed E-state index contributed by atoms with van der Waals surface area (Å²) in [6.07, 6.45) is 0.132. The minimum atomic E-state index is -0.282. The number of hydrogen-bond donors (Lipinski definition) is 0. The minimum absolute atomic E-state index is 0.0390. The molecule has 0 spiro atoms. The van der Waals surface area contributed by atoms with Crippen molar-refractivity contribution in [2.75, 3.05) is 0 Å². The fourth-order valence-electron chi connectivity index (χ4n) is 2.30. The molecular weight excluding hydrogens is 216 g/mol. The van der Waals surface area contributed by atoms with E-state index in [0.29, 0.717) is 12.0 Å². The molecule has 90 valence electrons. The van der Waals surface area contributed by atoms with Crippen LogP contribution in [0.15, 0.2) is 30.3 Å². The Bertz CT molecular complexity index is 424. The summed E-state index contributed by atoms with van der Waals surface area (Å²) in [6.45, 7) is 3.78. The molecule has 17 heavy (non-hydrogen) atoms. The molecule has 0 aliphatic carbocycles. The van der Waals surface area contributed by atoms with Crippen molar-refractivity contribution in [3.05, 3.63) is 35.9 Å². The average Bonchev–Trinajstić information content (AvgIpc) is 2.68. The van der Waals surface area contributed by atoms with E-state index in [0.717, 1.165) is 0 Å². The Morgan fingerprint density at radius 3 is 2.53 bits per heavy atom. The number of carbonyl (C=O) groups is 2. The van der Waals surface area contributed by atoms with Gasteiger partial charge in [0, 0.05) is 11.5 Å². The van der Waals surface area contributed by atoms with Gasteiger partial charge in [-0.05, 0) is 0 Å². The van der Waals surface area contributed by atoms with Gasteiger partial charge in [-0.15, -0.1) is 0 Å². The van der Waals surface area contributed by atoms with Crippen molar-refractivity contribution in [3.8, 4) is 0 Å². The number of hydrogen-bond acceptors (Lipinski definition) is 3. The summed E-state index contributed by atoms with van der Waals surface area (Å²) in [7, 11) is 0. The molecule has 1 aliphatic heterocycles. The lowest BCUT2D eigenvalue weighted by atomic mass is 9.88. The number of rotatable bonds is 3. The lowest BCUT2D eigenvalue weighted by molar-refractivity contribution is -0.142. The van der Waals surface area contributed by atoms with Crippen molar-refractivity contribution < 1.29 is 14.3 Å². The smallest absolute Gasteiger partial charge is 0.306 e. The highest BCUT2D eigenvalue weighted by molar-refractivity contribution is 5.98. The van der Waals surface area contributed by atoms with Gasteiger partial charge in [0.05, 0.1) is 12.3 Å². The first-order valence-electron chi connectivity index (χ1n) is 5.88. The molecule has 0 bridgehead atoms. The molecule has 1 aromatic rings. The van der Waals surface area contributed by atoms with Crippen LogP contribution in [0.1, 0.15) is 30.6 Å². The summed E-state index contributed by atoms with van der Waals surface area (Å²) in [5.41, 5.74) is 0.676. The Kier molecular flexibility index (Phi) is 3.27.